The Hall–Kier alpha value is -0.120. The van der Waals surface area contributed by atoms with E-state index < -0.39 is 0 Å². The number of halogens is 2. The molecule has 0 aromatic heterocycles. The average Bonchev–Trinajstić information content (AvgIpc) is 2.26. The molecule has 0 bridgehead atoms. The van der Waals surface area contributed by atoms with Crippen LogP contribution in [0.4, 0.5) is 4.39 Å². The summed E-state index contributed by atoms with van der Waals surface area (Å²) in [7, 11) is 0. The van der Waals surface area contributed by atoms with Gasteiger partial charge in [0.15, 0.2) is 0 Å². The first-order valence-electron chi connectivity index (χ1n) is 5.43. The lowest BCUT2D eigenvalue weighted by Crippen LogP contribution is -2.10. The third-order valence-corrected chi connectivity index (χ3v) is 3.54. The molecule has 1 aliphatic carbocycles. The quantitative estimate of drug-likeness (QED) is 0.396. The van der Waals surface area contributed by atoms with Crippen molar-refractivity contribution in [2.45, 2.75) is 26.7 Å². The summed E-state index contributed by atoms with van der Waals surface area (Å²) in [6.07, 6.45) is 9.49. The smallest absolute Gasteiger partial charge is 0.100 e. The molecule has 0 fully saturated rings. The third kappa shape index (κ3) is 4.09. The first-order chi connectivity index (χ1) is 7.15. The summed E-state index contributed by atoms with van der Waals surface area (Å²) in [5, 5.41) is 0. The van der Waals surface area contributed by atoms with Crippen LogP contribution in [-0.4, -0.2) is 4.43 Å². The van der Waals surface area contributed by atoms with Crippen LogP contribution >= 0.6 is 22.6 Å². The summed E-state index contributed by atoms with van der Waals surface area (Å²) in [4.78, 5) is 0. The van der Waals surface area contributed by atoms with Gasteiger partial charge >= 0.3 is 0 Å². The van der Waals surface area contributed by atoms with E-state index in [0.717, 1.165) is 10.8 Å². The van der Waals surface area contributed by atoms with Crippen molar-refractivity contribution >= 4 is 22.6 Å². The van der Waals surface area contributed by atoms with Crippen molar-refractivity contribution in [1.29, 1.82) is 0 Å². The topological polar surface area (TPSA) is 0 Å². The SMILES string of the molecule is CC(/C=C\CI)C(C)C1=CC=C(F)CC1. The van der Waals surface area contributed by atoms with Gasteiger partial charge in [-0.3, -0.25) is 0 Å². The van der Waals surface area contributed by atoms with Gasteiger partial charge in [-0.05, 0) is 24.3 Å². The van der Waals surface area contributed by atoms with E-state index in [1.165, 1.54) is 5.57 Å². The molecule has 0 N–H and O–H groups in total. The van der Waals surface area contributed by atoms with Crippen LogP contribution in [0.15, 0.2) is 35.7 Å². The largest absolute Gasteiger partial charge is 0.212 e. The van der Waals surface area contributed by atoms with Crippen LogP contribution < -0.4 is 0 Å². The van der Waals surface area contributed by atoms with Crippen LogP contribution in [0.1, 0.15) is 26.7 Å². The van der Waals surface area contributed by atoms with E-state index in [-0.39, 0.29) is 5.83 Å². The first kappa shape index (κ1) is 12.9. The Morgan fingerprint density at radius 2 is 2.13 bits per heavy atom. The molecule has 0 aliphatic heterocycles. The summed E-state index contributed by atoms with van der Waals surface area (Å²) < 4.78 is 13.9. The molecule has 0 spiro atoms. The molecular formula is C13H18FI. The molecule has 1 rings (SSSR count). The average molecular weight is 320 g/mol. The van der Waals surface area contributed by atoms with Crippen molar-refractivity contribution in [3.63, 3.8) is 0 Å². The molecule has 0 nitrogen and oxygen atoms in total. The van der Waals surface area contributed by atoms with E-state index in [1.54, 1.807) is 6.08 Å². The summed E-state index contributed by atoms with van der Waals surface area (Å²) in [5.41, 5.74) is 1.38. The van der Waals surface area contributed by atoms with E-state index >= 15 is 0 Å². The Kier molecular flexibility index (Phi) is 5.58. The summed E-state index contributed by atoms with van der Waals surface area (Å²) in [6.45, 7) is 4.45. The summed E-state index contributed by atoms with van der Waals surface area (Å²) in [6, 6.07) is 0. The van der Waals surface area contributed by atoms with Gasteiger partial charge in [0, 0.05) is 10.8 Å². The molecule has 0 heterocycles. The fraction of sp³-hybridized carbons (Fsp3) is 0.538. The zero-order valence-corrected chi connectivity index (χ0v) is 11.5. The molecule has 1 aliphatic rings. The van der Waals surface area contributed by atoms with E-state index in [2.05, 4.69) is 48.6 Å². The standard InChI is InChI=1S/C13H18FI/c1-10(4-3-9-15)11(2)12-5-7-13(14)8-6-12/h3-5,7,10-11H,6,8-9H2,1-2H3/b4-3-. The highest BCUT2D eigenvalue weighted by atomic mass is 127. The predicted octanol–water partition coefficient (Wildman–Crippen LogP) is 4.82. The Labute approximate surface area is 105 Å². The lowest BCUT2D eigenvalue weighted by Gasteiger charge is -2.22. The molecule has 84 valence electrons. The van der Waals surface area contributed by atoms with Crippen LogP contribution in [0.2, 0.25) is 0 Å². The normalized spacial score (nSPS) is 21.1. The molecule has 0 amide bonds. The highest BCUT2D eigenvalue weighted by molar-refractivity contribution is 14.1. The van der Waals surface area contributed by atoms with Gasteiger partial charge in [-0.15, -0.1) is 0 Å². The molecule has 0 aromatic rings. The fourth-order valence-electron chi connectivity index (χ4n) is 1.78. The monoisotopic (exact) mass is 320 g/mol. The molecule has 0 saturated heterocycles. The van der Waals surface area contributed by atoms with Gasteiger partial charge in [-0.2, -0.15) is 0 Å². The minimum Gasteiger partial charge on any atom is -0.212 e. The molecule has 0 radical (unpaired) electrons. The minimum absolute atomic E-state index is 0.0152. The van der Waals surface area contributed by atoms with Crippen molar-refractivity contribution in [2.75, 3.05) is 4.43 Å². The lowest BCUT2D eigenvalue weighted by molar-refractivity contribution is 0.493. The minimum atomic E-state index is 0.0152. The molecular weight excluding hydrogens is 302 g/mol. The maximum Gasteiger partial charge on any atom is 0.100 e. The van der Waals surface area contributed by atoms with Gasteiger partial charge in [0.25, 0.3) is 0 Å². The van der Waals surface area contributed by atoms with E-state index in [9.17, 15) is 4.39 Å². The highest BCUT2D eigenvalue weighted by Crippen LogP contribution is 2.29. The van der Waals surface area contributed by atoms with Crippen LogP contribution in [0.5, 0.6) is 0 Å². The van der Waals surface area contributed by atoms with Gasteiger partial charge < -0.3 is 0 Å². The zero-order valence-electron chi connectivity index (χ0n) is 9.34. The second kappa shape index (κ2) is 6.46. The fourth-order valence-corrected chi connectivity index (χ4v) is 2.07. The summed E-state index contributed by atoms with van der Waals surface area (Å²) >= 11 is 2.34. The van der Waals surface area contributed by atoms with Gasteiger partial charge in [-0.1, -0.05) is 60.2 Å². The Balaban J connectivity index is 2.60. The maximum atomic E-state index is 12.8. The molecule has 2 heteroatoms. The van der Waals surface area contributed by atoms with E-state index in [0.29, 0.717) is 18.3 Å². The van der Waals surface area contributed by atoms with Gasteiger partial charge in [0.05, 0.1) is 0 Å². The molecule has 2 atom stereocenters. The molecule has 15 heavy (non-hydrogen) atoms. The van der Waals surface area contributed by atoms with Crippen LogP contribution in [0.3, 0.4) is 0 Å². The number of hydrogen-bond acceptors (Lipinski definition) is 0. The van der Waals surface area contributed by atoms with Crippen molar-refractivity contribution in [2.24, 2.45) is 11.8 Å². The molecule has 2 unspecified atom stereocenters. The van der Waals surface area contributed by atoms with Crippen molar-refractivity contribution in [1.82, 2.24) is 0 Å². The highest BCUT2D eigenvalue weighted by Gasteiger charge is 2.16. The second-order valence-electron chi connectivity index (χ2n) is 4.09. The van der Waals surface area contributed by atoms with Gasteiger partial charge in [-0.25, -0.2) is 4.39 Å². The lowest BCUT2D eigenvalue weighted by atomic mass is 9.84. The Morgan fingerprint density at radius 1 is 1.40 bits per heavy atom. The molecule has 0 saturated carbocycles. The van der Waals surface area contributed by atoms with E-state index in [4.69, 9.17) is 0 Å². The first-order valence-corrected chi connectivity index (χ1v) is 6.95. The molecule has 0 aromatic carbocycles. The van der Waals surface area contributed by atoms with Crippen molar-refractivity contribution < 1.29 is 4.39 Å². The third-order valence-electron chi connectivity index (χ3n) is 3.03. The van der Waals surface area contributed by atoms with E-state index in [1.807, 2.05) is 6.08 Å². The Bertz CT molecular complexity index is 289. The number of alkyl halides is 1. The van der Waals surface area contributed by atoms with Crippen LogP contribution in [0, 0.1) is 11.8 Å². The van der Waals surface area contributed by atoms with Crippen molar-refractivity contribution in [3.8, 4) is 0 Å². The number of allylic oxidation sites excluding steroid dienone is 6. The zero-order chi connectivity index (χ0) is 11.3. The summed E-state index contributed by atoms with van der Waals surface area (Å²) in [5.74, 6) is 1.08. The predicted molar refractivity (Wildman–Crippen MR) is 72.9 cm³/mol. The van der Waals surface area contributed by atoms with Gasteiger partial charge in [0.1, 0.15) is 5.83 Å². The second-order valence-corrected chi connectivity index (χ2v) is 4.97. The number of rotatable bonds is 4. The van der Waals surface area contributed by atoms with Gasteiger partial charge in [0.2, 0.25) is 0 Å². The Morgan fingerprint density at radius 3 is 2.67 bits per heavy atom. The number of hydrogen-bond donors (Lipinski definition) is 0. The van der Waals surface area contributed by atoms with Crippen LogP contribution in [0.25, 0.3) is 0 Å². The van der Waals surface area contributed by atoms with Crippen LogP contribution in [-0.2, 0) is 0 Å². The maximum absolute atomic E-state index is 12.8. The van der Waals surface area contributed by atoms with Crippen molar-refractivity contribution in [3.05, 3.63) is 35.7 Å².